The van der Waals surface area contributed by atoms with Crippen molar-refractivity contribution < 1.29 is 14.3 Å². The number of ether oxygens (including phenoxy) is 1. The van der Waals surface area contributed by atoms with Crippen molar-refractivity contribution in [1.82, 2.24) is 10.2 Å². The third-order valence-electron chi connectivity index (χ3n) is 3.86. The van der Waals surface area contributed by atoms with E-state index < -0.39 is 0 Å². The van der Waals surface area contributed by atoms with Crippen molar-refractivity contribution in [2.24, 2.45) is 11.8 Å². The summed E-state index contributed by atoms with van der Waals surface area (Å²) >= 11 is 0. The van der Waals surface area contributed by atoms with Gasteiger partial charge in [-0.15, -0.1) is 0 Å². The zero-order chi connectivity index (χ0) is 14.0. The molecular weight excluding hydrogens is 244 g/mol. The summed E-state index contributed by atoms with van der Waals surface area (Å²) in [6, 6.07) is -0.660. The van der Waals surface area contributed by atoms with Gasteiger partial charge in [0.25, 0.3) is 0 Å². The van der Waals surface area contributed by atoms with Gasteiger partial charge in [0.1, 0.15) is 12.1 Å². The summed E-state index contributed by atoms with van der Waals surface area (Å²) < 4.78 is 5.33. The van der Waals surface area contributed by atoms with E-state index in [0.29, 0.717) is 25.7 Å². The Balaban J connectivity index is 2.09. The van der Waals surface area contributed by atoms with Gasteiger partial charge in [-0.25, -0.2) is 0 Å². The van der Waals surface area contributed by atoms with E-state index in [1.54, 1.807) is 4.90 Å². The number of piperazine rings is 1. The molecule has 0 aromatic heterocycles. The molecule has 1 aliphatic carbocycles. The van der Waals surface area contributed by atoms with Gasteiger partial charge < -0.3 is 15.0 Å². The van der Waals surface area contributed by atoms with Crippen LogP contribution in [0.3, 0.4) is 0 Å². The number of amides is 2. The van der Waals surface area contributed by atoms with Crippen molar-refractivity contribution in [3.8, 4) is 0 Å². The Hall–Kier alpha value is -1.10. The topological polar surface area (TPSA) is 58.6 Å². The van der Waals surface area contributed by atoms with Crippen LogP contribution in [0.2, 0.25) is 0 Å². The molecule has 0 aromatic rings. The van der Waals surface area contributed by atoms with Crippen LogP contribution in [0.25, 0.3) is 0 Å². The van der Waals surface area contributed by atoms with Crippen LogP contribution in [0.5, 0.6) is 0 Å². The number of carbonyl (C=O) groups excluding carboxylic acids is 2. The molecule has 108 valence electrons. The minimum absolute atomic E-state index is 0.0111. The maximum Gasteiger partial charge on any atom is 0.246 e. The standard InChI is InChI=1S/C14H24N2O3/c1-4-19-8-7-16-12(9(2)3)13(17)15-11(14(16)18)10-5-6-10/h9-12H,4-8H2,1-3H3,(H,15,17). The number of carbonyl (C=O) groups is 2. The molecule has 1 N–H and O–H groups in total. The van der Waals surface area contributed by atoms with E-state index in [1.165, 1.54) is 0 Å². The second kappa shape index (κ2) is 5.90. The molecule has 2 aliphatic rings. The second-order valence-electron chi connectivity index (χ2n) is 5.74. The van der Waals surface area contributed by atoms with Crippen molar-refractivity contribution >= 4 is 11.8 Å². The third kappa shape index (κ3) is 3.08. The van der Waals surface area contributed by atoms with Crippen molar-refractivity contribution in [2.45, 2.75) is 45.7 Å². The van der Waals surface area contributed by atoms with Crippen molar-refractivity contribution in [2.75, 3.05) is 19.8 Å². The Morgan fingerprint density at radius 2 is 2.05 bits per heavy atom. The predicted octanol–water partition coefficient (Wildman–Crippen LogP) is 0.784. The molecule has 0 radical (unpaired) electrons. The monoisotopic (exact) mass is 268 g/mol. The molecular formula is C14H24N2O3. The highest BCUT2D eigenvalue weighted by Gasteiger charge is 2.47. The van der Waals surface area contributed by atoms with E-state index in [1.807, 2.05) is 20.8 Å². The number of nitrogens with one attached hydrogen (secondary N) is 1. The lowest BCUT2D eigenvalue weighted by molar-refractivity contribution is -0.152. The summed E-state index contributed by atoms with van der Waals surface area (Å²) in [5.74, 6) is 0.522. The molecule has 19 heavy (non-hydrogen) atoms. The van der Waals surface area contributed by atoms with E-state index >= 15 is 0 Å². The first-order valence-corrected chi connectivity index (χ1v) is 7.24. The maximum absolute atomic E-state index is 12.5. The fraction of sp³-hybridized carbons (Fsp3) is 0.857. The SMILES string of the molecule is CCOCCN1C(=O)C(C2CC2)NC(=O)C1C(C)C. The van der Waals surface area contributed by atoms with Gasteiger partial charge in [-0.05, 0) is 31.6 Å². The number of nitrogens with zero attached hydrogens (tertiary/aromatic N) is 1. The summed E-state index contributed by atoms with van der Waals surface area (Å²) in [7, 11) is 0. The highest BCUT2D eigenvalue weighted by molar-refractivity contribution is 5.97. The van der Waals surface area contributed by atoms with Gasteiger partial charge >= 0.3 is 0 Å². The van der Waals surface area contributed by atoms with Crippen LogP contribution in [-0.4, -0.2) is 48.6 Å². The third-order valence-corrected chi connectivity index (χ3v) is 3.86. The maximum atomic E-state index is 12.5. The predicted molar refractivity (Wildman–Crippen MR) is 71.5 cm³/mol. The Morgan fingerprint density at radius 1 is 1.37 bits per heavy atom. The van der Waals surface area contributed by atoms with E-state index in [2.05, 4.69) is 5.32 Å². The van der Waals surface area contributed by atoms with Crippen LogP contribution in [0.1, 0.15) is 33.6 Å². The molecule has 5 heteroatoms. The molecule has 2 rings (SSSR count). The van der Waals surface area contributed by atoms with Crippen LogP contribution < -0.4 is 5.32 Å². The Bertz CT molecular complexity index is 353. The van der Waals surface area contributed by atoms with Gasteiger partial charge in [-0.1, -0.05) is 13.8 Å². The number of hydrogen-bond acceptors (Lipinski definition) is 3. The van der Waals surface area contributed by atoms with Crippen molar-refractivity contribution in [3.63, 3.8) is 0 Å². The zero-order valence-corrected chi connectivity index (χ0v) is 12.0. The molecule has 0 spiro atoms. The fourth-order valence-corrected chi connectivity index (χ4v) is 2.73. The molecule has 1 aliphatic heterocycles. The Kier molecular flexibility index (Phi) is 4.45. The van der Waals surface area contributed by atoms with Crippen LogP contribution in [0, 0.1) is 11.8 Å². The molecule has 1 saturated heterocycles. The minimum atomic E-state index is -0.358. The lowest BCUT2D eigenvalue weighted by Crippen LogP contribution is -2.65. The summed E-state index contributed by atoms with van der Waals surface area (Å²) in [5.41, 5.74) is 0. The fourth-order valence-electron chi connectivity index (χ4n) is 2.73. The second-order valence-corrected chi connectivity index (χ2v) is 5.74. The lowest BCUT2D eigenvalue weighted by Gasteiger charge is -2.41. The van der Waals surface area contributed by atoms with Gasteiger partial charge in [0, 0.05) is 13.2 Å². The zero-order valence-electron chi connectivity index (χ0n) is 12.0. The van der Waals surface area contributed by atoms with E-state index in [9.17, 15) is 9.59 Å². The molecule has 2 atom stereocenters. The average Bonchev–Trinajstić information content (AvgIpc) is 3.16. The number of hydrogen-bond donors (Lipinski definition) is 1. The first kappa shape index (κ1) is 14.3. The Morgan fingerprint density at radius 3 is 2.58 bits per heavy atom. The first-order valence-electron chi connectivity index (χ1n) is 7.24. The summed E-state index contributed by atoms with van der Waals surface area (Å²) in [4.78, 5) is 26.5. The molecule has 0 bridgehead atoms. The van der Waals surface area contributed by atoms with Crippen LogP contribution in [0.4, 0.5) is 0 Å². The quantitative estimate of drug-likeness (QED) is 0.724. The molecule has 0 aromatic carbocycles. The first-order chi connectivity index (χ1) is 9.06. The van der Waals surface area contributed by atoms with E-state index in [0.717, 1.165) is 12.8 Å². The summed E-state index contributed by atoms with van der Waals surface area (Å²) in [5, 5.41) is 2.91. The molecule has 2 unspecified atom stereocenters. The van der Waals surface area contributed by atoms with Crippen molar-refractivity contribution in [1.29, 1.82) is 0 Å². The van der Waals surface area contributed by atoms with Gasteiger partial charge in [-0.3, -0.25) is 9.59 Å². The molecule has 2 fully saturated rings. The van der Waals surface area contributed by atoms with Gasteiger partial charge in [0.2, 0.25) is 11.8 Å². The largest absolute Gasteiger partial charge is 0.380 e. The van der Waals surface area contributed by atoms with Crippen LogP contribution >= 0.6 is 0 Å². The highest BCUT2D eigenvalue weighted by atomic mass is 16.5. The van der Waals surface area contributed by atoms with Crippen LogP contribution in [-0.2, 0) is 14.3 Å². The summed E-state index contributed by atoms with van der Waals surface area (Å²) in [6.07, 6.45) is 2.09. The average molecular weight is 268 g/mol. The van der Waals surface area contributed by atoms with Gasteiger partial charge in [-0.2, -0.15) is 0 Å². The van der Waals surface area contributed by atoms with Gasteiger partial charge in [0.05, 0.1) is 6.61 Å². The normalized spacial score (nSPS) is 27.9. The molecule has 5 nitrogen and oxygen atoms in total. The Labute approximate surface area is 114 Å². The van der Waals surface area contributed by atoms with Crippen molar-refractivity contribution in [3.05, 3.63) is 0 Å². The molecule has 2 amide bonds. The van der Waals surface area contributed by atoms with Gasteiger partial charge in [0.15, 0.2) is 0 Å². The summed E-state index contributed by atoms with van der Waals surface area (Å²) in [6.45, 7) is 7.51. The van der Waals surface area contributed by atoms with E-state index in [4.69, 9.17) is 4.74 Å². The number of rotatable bonds is 6. The lowest BCUT2D eigenvalue weighted by atomic mass is 9.95. The molecule has 1 saturated carbocycles. The van der Waals surface area contributed by atoms with Crippen LogP contribution in [0.15, 0.2) is 0 Å². The smallest absolute Gasteiger partial charge is 0.246 e. The minimum Gasteiger partial charge on any atom is -0.380 e. The van der Waals surface area contributed by atoms with E-state index in [-0.39, 0.29) is 29.8 Å². The highest BCUT2D eigenvalue weighted by Crippen LogP contribution is 2.35. The molecule has 1 heterocycles.